The number of hydrogen-bond acceptors (Lipinski definition) is 3. The van der Waals surface area contributed by atoms with E-state index in [2.05, 4.69) is 71.2 Å². The Hall–Kier alpha value is -2.59. The van der Waals surface area contributed by atoms with E-state index in [1.807, 2.05) is 30.5 Å². The lowest BCUT2D eigenvalue weighted by Crippen LogP contribution is -1.99. The summed E-state index contributed by atoms with van der Waals surface area (Å²) >= 11 is 3.60. The van der Waals surface area contributed by atoms with Gasteiger partial charge >= 0.3 is 0 Å². The molecule has 0 aliphatic rings. The van der Waals surface area contributed by atoms with Crippen molar-refractivity contribution in [3.63, 3.8) is 0 Å². The predicted molar refractivity (Wildman–Crippen MR) is 119 cm³/mol. The van der Waals surface area contributed by atoms with Gasteiger partial charge in [-0.25, -0.2) is 0 Å². The molecule has 3 nitrogen and oxygen atoms in total. The number of halogens is 1. The Labute approximate surface area is 175 Å². The van der Waals surface area contributed by atoms with Crippen LogP contribution in [0.4, 0.5) is 5.69 Å². The minimum Gasteiger partial charge on any atom is -0.493 e. The molecule has 0 saturated heterocycles. The largest absolute Gasteiger partial charge is 0.493 e. The Morgan fingerprint density at radius 2 is 1.64 bits per heavy atom. The second-order valence-corrected chi connectivity index (χ2v) is 7.44. The van der Waals surface area contributed by atoms with Crippen LogP contribution in [0.1, 0.15) is 29.2 Å². The summed E-state index contributed by atoms with van der Waals surface area (Å²) in [6.45, 7) is 4.69. The van der Waals surface area contributed by atoms with Crippen molar-refractivity contribution in [3.05, 3.63) is 87.4 Å². The number of rotatable bonds is 7. The van der Waals surface area contributed by atoms with E-state index >= 15 is 0 Å². The van der Waals surface area contributed by atoms with Crippen molar-refractivity contribution in [3.8, 4) is 11.5 Å². The third-order valence-electron chi connectivity index (χ3n) is 4.46. The van der Waals surface area contributed by atoms with E-state index in [1.54, 1.807) is 7.11 Å². The first-order valence-electron chi connectivity index (χ1n) is 9.28. The second-order valence-electron chi connectivity index (χ2n) is 6.59. The average Bonchev–Trinajstić information content (AvgIpc) is 2.72. The van der Waals surface area contributed by atoms with Crippen LogP contribution in [-0.2, 0) is 13.0 Å². The number of hydrogen-bond donors (Lipinski definition) is 0. The summed E-state index contributed by atoms with van der Waals surface area (Å²) < 4.78 is 12.4. The first-order chi connectivity index (χ1) is 13.6. The average molecular weight is 438 g/mol. The zero-order valence-corrected chi connectivity index (χ0v) is 18.0. The molecule has 0 aromatic heterocycles. The number of methoxy groups -OCH3 is 1. The van der Waals surface area contributed by atoms with Crippen LogP contribution in [0.3, 0.4) is 0 Å². The lowest BCUT2D eigenvalue weighted by Gasteiger charge is -2.13. The highest BCUT2D eigenvalue weighted by Gasteiger charge is 2.11. The van der Waals surface area contributed by atoms with Gasteiger partial charge in [-0.3, -0.25) is 4.99 Å². The molecule has 144 valence electrons. The minimum atomic E-state index is 0.479. The fourth-order valence-corrected chi connectivity index (χ4v) is 3.34. The maximum absolute atomic E-state index is 6.01. The molecule has 0 radical (unpaired) electrons. The molecule has 0 N–H and O–H groups in total. The van der Waals surface area contributed by atoms with Crippen LogP contribution >= 0.6 is 15.9 Å². The fraction of sp³-hybridized carbons (Fsp3) is 0.208. The summed E-state index contributed by atoms with van der Waals surface area (Å²) in [6.07, 6.45) is 2.86. The van der Waals surface area contributed by atoms with Crippen LogP contribution in [0, 0.1) is 6.92 Å². The molecule has 0 aliphatic carbocycles. The van der Waals surface area contributed by atoms with Crippen LogP contribution in [0.15, 0.2) is 70.1 Å². The summed E-state index contributed by atoms with van der Waals surface area (Å²) in [6, 6.07) is 20.5. The molecule has 0 fully saturated rings. The van der Waals surface area contributed by atoms with Gasteiger partial charge < -0.3 is 9.47 Å². The zero-order chi connectivity index (χ0) is 19.9. The summed E-state index contributed by atoms with van der Waals surface area (Å²) in [5.74, 6) is 1.36. The lowest BCUT2D eigenvalue weighted by molar-refractivity contribution is 0.282. The highest BCUT2D eigenvalue weighted by atomic mass is 79.9. The molecule has 0 aliphatic heterocycles. The normalized spacial score (nSPS) is 11.0. The number of aryl methyl sites for hydroxylation is 2. The molecule has 0 spiro atoms. The number of nitrogens with zero attached hydrogens (tertiary/aromatic N) is 1. The predicted octanol–water partition coefficient (Wildman–Crippen LogP) is 6.66. The zero-order valence-electron chi connectivity index (χ0n) is 16.4. The molecule has 3 rings (SSSR count). The van der Waals surface area contributed by atoms with E-state index in [0.29, 0.717) is 18.1 Å². The Morgan fingerprint density at radius 3 is 2.29 bits per heavy atom. The van der Waals surface area contributed by atoms with Gasteiger partial charge in [-0.2, -0.15) is 0 Å². The molecule has 0 amide bonds. The Kier molecular flexibility index (Phi) is 6.88. The molecular formula is C24H24BrNO2. The molecule has 0 unspecified atom stereocenters. The van der Waals surface area contributed by atoms with Crippen molar-refractivity contribution in [2.24, 2.45) is 4.99 Å². The van der Waals surface area contributed by atoms with Crippen molar-refractivity contribution >= 4 is 27.8 Å². The third kappa shape index (κ3) is 5.23. The maximum atomic E-state index is 6.01. The quantitative estimate of drug-likeness (QED) is 0.387. The highest BCUT2D eigenvalue weighted by Crippen LogP contribution is 2.37. The molecule has 0 heterocycles. The topological polar surface area (TPSA) is 30.8 Å². The summed E-state index contributed by atoms with van der Waals surface area (Å²) in [7, 11) is 1.64. The Morgan fingerprint density at radius 1 is 0.964 bits per heavy atom. The summed E-state index contributed by atoms with van der Waals surface area (Å²) in [5, 5.41) is 0. The second kappa shape index (κ2) is 9.56. The Balaban J connectivity index is 1.76. The number of aliphatic imine (C=N–C) groups is 1. The van der Waals surface area contributed by atoms with E-state index < -0.39 is 0 Å². The third-order valence-corrected chi connectivity index (χ3v) is 5.05. The molecule has 3 aromatic rings. The van der Waals surface area contributed by atoms with Crippen molar-refractivity contribution < 1.29 is 9.47 Å². The van der Waals surface area contributed by atoms with Gasteiger partial charge in [-0.15, -0.1) is 0 Å². The van der Waals surface area contributed by atoms with Crippen LogP contribution in [-0.4, -0.2) is 13.3 Å². The number of ether oxygens (including phenoxy) is 2. The maximum Gasteiger partial charge on any atom is 0.175 e. The molecule has 0 atom stereocenters. The first kappa shape index (κ1) is 20.2. The minimum absolute atomic E-state index is 0.479. The molecular weight excluding hydrogens is 414 g/mol. The van der Waals surface area contributed by atoms with E-state index in [-0.39, 0.29) is 0 Å². The molecule has 3 aromatic carbocycles. The number of benzene rings is 3. The molecule has 28 heavy (non-hydrogen) atoms. The SMILES string of the molecule is CCc1ccc(N=Cc2cc(Br)c(OCc3ccc(C)cc3)c(OC)c2)cc1. The monoisotopic (exact) mass is 437 g/mol. The van der Waals surface area contributed by atoms with Gasteiger partial charge in [0.1, 0.15) is 6.61 Å². The van der Waals surface area contributed by atoms with Gasteiger partial charge in [0.05, 0.1) is 17.3 Å². The van der Waals surface area contributed by atoms with Gasteiger partial charge in [0.2, 0.25) is 0 Å². The molecule has 0 bridgehead atoms. The van der Waals surface area contributed by atoms with Crippen molar-refractivity contribution in [1.29, 1.82) is 0 Å². The van der Waals surface area contributed by atoms with E-state index in [1.165, 1.54) is 11.1 Å². The highest BCUT2D eigenvalue weighted by molar-refractivity contribution is 9.10. The summed E-state index contributed by atoms with van der Waals surface area (Å²) in [4.78, 5) is 4.56. The van der Waals surface area contributed by atoms with Gasteiger partial charge in [0.15, 0.2) is 11.5 Å². The van der Waals surface area contributed by atoms with Crippen LogP contribution in [0.5, 0.6) is 11.5 Å². The van der Waals surface area contributed by atoms with Crippen molar-refractivity contribution in [2.75, 3.05) is 7.11 Å². The Bertz CT molecular complexity index is 948. The van der Waals surface area contributed by atoms with Crippen molar-refractivity contribution in [2.45, 2.75) is 26.9 Å². The van der Waals surface area contributed by atoms with Gasteiger partial charge in [0.25, 0.3) is 0 Å². The van der Waals surface area contributed by atoms with Gasteiger partial charge in [-0.1, -0.05) is 48.9 Å². The summed E-state index contributed by atoms with van der Waals surface area (Å²) in [5.41, 5.74) is 5.51. The molecule has 0 saturated carbocycles. The van der Waals surface area contributed by atoms with E-state index in [9.17, 15) is 0 Å². The standard InChI is InChI=1S/C24H24BrNO2/c1-4-18-9-11-21(12-10-18)26-15-20-13-22(25)24(23(14-20)27-3)28-16-19-7-5-17(2)6-8-19/h5-15H,4,16H2,1-3H3. The van der Waals surface area contributed by atoms with Gasteiger partial charge in [-0.05, 0) is 70.2 Å². The molecule has 4 heteroatoms. The first-order valence-corrected chi connectivity index (χ1v) is 10.1. The lowest BCUT2D eigenvalue weighted by atomic mass is 10.1. The van der Waals surface area contributed by atoms with Crippen molar-refractivity contribution in [1.82, 2.24) is 0 Å². The van der Waals surface area contributed by atoms with E-state index in [4.69, 9.17) is 9.47 Å². The van der Waals surface area contributed by atoms with E-state index in [0.717, 1.165) is 27.7 Å². The van der Waals surface area contributed by atoms with Gasteiger partial charge in [0, 0.05) is 6.21 Å². The fourth-order valence-electron chi connectivity index (χ4n) is 2.76. The van der Waals surface area contributed by atoms with Crippen LogP contribution in [0.2, 0.25) is 0 Å². The van der Waals surface area contributed by atoms with Crippen LogP contribution < -0.4 is 9.47 Å². The smallest absolute Gasteiger partial charge is 0.175 e. The van der Waals surface area contributed by atoms with Crippen LogP contribution in [0.25, 0.3) is 0 Å².